The monoisotopic (exact) mass is 432 g/mol. The molecule has 0 bridgehead atoms. The van der Waals surface area contributed by atoms with Crippen LogP contribution in [0.5, 0.6) is 0 Å². The summed E-state index contributed by atoms with van der Waals surface area (Å²) in [6.45, 7) is 3.51. The summed E-state index contributed by atoms with van der Waals surface area (Å²) in [6.07, 6.45) is 9.45. The third-order valence-corrected chi connectivity index (χ3v) is 7.16. The van der Waals surface area contributed by atoms with Gasteiger partial charge in [-0.3, -0.25) is 14.4 Å². The van der Waals surface area contributed by atoms with E-state index >= 15 is 0 Å². The molecule has 0 aliphatic carbocycles. The van der Waals surface area contributed by atoms with E-state index in [9.17, 15) is 4.79 Å². The van der Waals surface area contributed by atoms with E-state index in [0.717, 1.165) is 66.2 Å². The van der Waals surface area contributed by atoms with Gasteiger partial charge in [0.15, 0.2) is 0 Å². The lowest BCUT2D eigenvalue weighted by Crippen LogP contribution is -2.56. The second-order valence-electron chi connectivity index (χ2n) is 8.11. The van der Waals surface area contributed by atoms with Crippen LogP contribution in [0.15, 0.2) is 48.5 Å². The van der Waals surface area contributed by atoms with Crippen molar-refractivity contribution in [3.05, 3.63) is 59.4 Å². The van der Waals surface area contributed by atoms with Gasteiger partial charge in [0.1, 0.15) is 18.0 Å². The standard InChI is InChI=1S/C22H22N7OS/c30-22(19-2-1-9-31-19)27-7-4-16(5-8-27)28-12-17(13-28)29-11-15(10-26-29)20-18-3-6-23-21(18)25-14-24-20/h1-3,6,9-11,14,16H,4-5,7-8,12-13H2,(H,23,24,25). The number of carbonyl (C=O) groups is 1. The summed E-state index contributed by atoms with van der Waals surface area (Å²) in [5.41, 5.74) is 2.74. The van der Waals surface area contributed by atoms with Gasteiger partial charge in [-0.2, -0.15) is 5.10 Å². The maximum absolute atomic E-state index is 12.5. The summed E-state index contributed by atoms with van der Waals surface area (Å²) in [4.78, 5) is 29.7. The third kappa shape index (κ3) is 3.34. The van der Waals surface area contributed by atoms with E-state index < -0.39 is 0 Å². The Kier molecular flexibility index (Phi) is 4.57. The van der Waals surface area contributed by atoms with Crippen molar-refractivity contribution in [3.63, 3.8) is 0 Å². The van der Waals surface area contributed by atoms with E-state index in [2.05, 4.69) is 31.1 Å². The molecule has 6 rings (SSSR count). The molecule has 0 unspecified atom stereocenters. The van der Waals surface area contributed by atoms with Crippen LogP contribution in [0.25, 0.3) is 22.3 Å². The Morgan fingerprint density at radius 3 is 2.84 bits per heavy atom. The molecule has 2 fully saturated rings. The highest BCUT2D eigenvalue weighted by Gasteiger charge is 2.37. The number of thiophene rings is 1. The molecule has 8 nitrogen and oxygen atoms in total. The zero-order chi connectivity index (χ0) is 20.8. The van der Waals surface area contributed by atoms with Crippen LogP contribution in [0.1, 0.15) is 22.5 Å². The van der Waals surface area contributed by atoms with Gasteiger partial charge in [0.25, 0.3) is 5.91 Å². The van der Waals surface area contributed by atoms with Gasteiger partial charge in [-0.1, -0.05) is 6.07 Å². The smallest absolute Gasteiger partial charge is 0.263 e. The molecule has 2 aliphatic rings. The number of aromatic amines is 1. The summed E-state index contributed by atoms with van der Waals surface area (Å²) in [5, 5.41) is 7.55. The van der Waals surface area contributed by atoms with Crippen molar-refractivity contribution in [2.75, 3.05) is 26.2 Å². The Morgan fingerprint density at radius 2 is 2.03 bits per heavy atom. The summed E-state index contributed by atoms with van der Waals surface area (Å²) >= 11 is 1.52. The Balaban J connectivity index is 1.06. The highest BCUT2D eigenvalue weighted by Crippen LogP contribution is 2.30. The summed E-state index contributed by atoms with van der Waals surface area (Å²) in [6, 6.07) is 7.68. The number of carbonyl (C=O) groups excluding carboxylic acids is 1. The van der Waals surface area contributed by atoms with Crippen LogP contribution in [0, 0.1) is 6.04 Å². The van der Waals surface area contributed by atoms with Crippen molar-refractivity contribution < 1.29 is 4.79 Å². The van der Waals surface area contributed by atoms with Crippen LogP contribution in [0.3, 0.4) is 0 Å². The van der Waals surface area contributed by atoms with E-state index in [0.29, 0.717) is 6.04 Å². The van der Waals surface area contributed by atoms with Crippen LogP contribution in [-0.2, 0) is 0 Å². The number of hydrogen-bond acceptors (Lipinski definition) is 6. The Hall–Kier alpha value is -3.04. The number of rotatable bonds is 4. The van der Waals surface area contributed by atoms with E-state index in [1.165, 1.54) is 17.4 Å². The fourth-order valence-corrected chi connectivity index (χ4v) is 5.23. The Morgan fingerprint density at radius 1 is 1.16 bits per heavy atom. The van der Waals surface area contributed by atoms with Crippen LogP contribution < -0.4 is 0 Å². The first-order valence-corrected chi connectivity index (χ1v) is 11.4. The van der Waals surface area contributed by atoms with Crippen molar-refractivity contribution in [2.45, 2.75) is 18.9 Å². The second kappa shape index (κ2) is 7.58. The van der Waals surface area contributed by atoms with Crippen molar-refractivity contribution >= 4 is 28.3 Å². The number of hydrogen-bond donors (Lipinski definition) is 1. The first-order valence-electron chi connectivity index (χ1n) is 10.5. The molecule has 0 aromatic carbocycles. The lowest BCUT2D eigenvalue weighted by Gasteiger charge is -2.46. The molecule has 4 aromatic rings. The van der Waals surface area contributed by atoms with Gasteiger partial charge in [-0.25, -0.2) is 9.97 Å². The molecule has 1 amide bonds. The number of H-pyrrole nitrogens is 1. The SMILES string of the molecule is O=C(c1cccs1)N1CCC(N2C[C](n3cc(-c4ncnc5[nH]ccc45)cn3)C2)CC1. The number of likely N-dealkylation sites (tertiary alicyclic amines) is 2. The minimum Gasteiger partial charge on any atom is -0.346 e. The first-order chi connectivity index (χ1) is 15.3. The molecule has 2 aliphatic heterocycles. The second-order valence-corrected chi connectivity index (χ2v) is 9.06. The molecule has 1 N–H and O–H groups in total. The Bertz CT molecular complexity index is 1200. The van der Waals surface area contributed by atoms with Crippen molar-refractivity contribution in [3.8, 4) is 11.3 Å². The molecular formula is C22H22N7OS. The van der Waals surface area contributed by atoms with Crippen LogP contribution >= 0.6 is 11.3 Å². The van der Waals surface area contributed by atoms with Crippen molar-refractivity contribution in [1.82, 2.24) is 34.5 Å². The molecule has 4 aromatic heterocycles. The molecule has 2 saturated heterocycles. The first kappa shape index (κ1) is 18.7. The highest BCUT2D eigenvalue weighted by atomic mass is 32.1. The van der Waals surface area contributed by atoms with Crippen LogP contribution in [-0.4, -0.2) is 72.7 Å². The number of piperidine rings is 1. The molecule has 0 saturated carbocycles. The molecule has 31 heavy (non-hydrogen) atoms. The predicted octanol–water partition coefficient (Wildman–Crippen LogP) is 2.88. The predicted molar refractivity (Wildman–Crippen MR) is 119 cm³/mol. The third-order valence-electron chi connectivity index (χ3n) is 6.31. The van der Waals surface area contributed by atoms with E-state index in [1.54, 1.807) is 6.33 Å². The minimum atomic E-state index is 0.176. The fraction of sp³-hybridized carbons (Fsp3) is 0.318. The zero-order valence-electron chi connectivity index (χ0n) is 16.9. The maximum Gasteiger partial charge on any atom is 0.263 e. The van der Waals surface area contributed by atoms with Gasteiger partial charge in [-0.05, 0) is 30.4 Å². The summed E-state index contributed by atoms with van der Waals surface area (Å²) in [5.74, 6) is 0.176. The molecule has 1 radical (unpaired) electrons. The molecule has 6 heterocycles. The average molecular weight is 433 g/mol. The topological polar surface area (TPSA) is 82.9 Å². The lowest BCUT2D eigenvalue weighted by atomic mass is 9.97. The van der Waals surface area contributed by atoms with Crippen LogP contribution in [0.2, 0.25) is 0 Å². The van der Waals surface area contributed by atoms with Gasteiger partial charge in [0.2, 0.25) is 0 Å². The minimum absolute atomic E-state index is 0.176. The number of fused-ring (bicyclic) bond motifs is 1. The number of nitrogens with one attached hydrogen (secondary N) is 1. The van der Waals surface area contributed by atoms with E-state index in [-0.39, 0.29) is 5.91 Å². The average Bonchev–Trinajstić information content (AvgIpc) is 3.54. The van der Waals surface area contributed by atoms with Gasteiger partial charge in [0.05, 0.1) is 16.8 Å². The molecule has 0 spiro atoms. The highest BCUT2D eigenvalue weighted by molar-refractivity contribution is 7.12. The van der Waals surface area contributed by atoms with Crippen molar-refractivity contribution in [1.29, 1.82) is 0 Å². The van der Waals surface area contributed by atoms with Gasteiger partial charge < -0.3 is 9.88 Å². The fourth-order valence-electron chi connectivity index (χ4n) is 4.54. The largest absolute Gasteiger partial charge is 0.346 e. The maximum atomic E-state index is 12.5. The lowest BCUT2D eigenvalue weighted by molar-refractivity contribution is 0.0518. The molecule has 157 valence electrons. The van der Waals surface area contributed by atoms with Crippen molar-refractivity contribution in [2.24, 2.45) is 0 Å². The number of aromatic nitrogens is 5. The van der Waals surface area contributed by atoms with Gasteiger partial charge in [0, 0.05) is 55.6 Å². The van der Waals surface area contributed by atoms with E-state index in [4.69, 9.17) is 0 Å². The molecular weight excluding hydrogens is 410 g/mol. The van der Waals surface area contributed by atoms with E-state index in [1.807, 2.05) is 45.6 Å². The summed E-state index contributed by atoms with van der Waals surface area (Å²) < 4.78 is 1.99. The molecule has 9 heteroatoms. The number of amides is 1. The normalized spacial score (nSPS) is 18.5. The van der Waals surface area contributed by atoms with Gasteiger partial charge in [-0.15, -0.1) is 11.3 Å². The quantitative estimate of drug-likeness (QED) is 0.536. The zero-order valence-corrected chi connectivity index (χ0v) is 17.8. The van der Waals surface area contributed by atoms with Gasteiger partial charge >= 0.3 is 0 Å². The number of nitrogens with zero attached hydrogens (tertiary/aromatic N) is 6. The molecule has 0 atom stereocenters. The van der Waals surface area contributed by atoms with Crippen LogP contribution in [0.4, 0.5) is 0 Å². The Labute approximate surface area is 183 Å². The summed E-state index contributed by atoms with van der Waals surface area (Å²) in [7, 11) is 0.